The van der Waals surface area contributed by atoms with Gasteiger partial charge in [-0.2, -0.15) is 0 Å². The second kappa shape index (κ2) is 5.63. The van der Waals surface area contributed by atoms with Gasteiger partial charge in [0.15, 0.2) is 0 Å². The summed E-state index contributed by atoms with van der Waals surface area (Å²) in [5, 5.41) is 4.02. The Morgan fingerprint density at radius 1 is 1.47 bits per heavy atom. The Kier molecular flexibility index (Phi) is 3.88. The van der Waals surface area contributed by atoms with Crippen LogP contribution in [0.4, 0.5) is 0 Å². The Morgan fingerprint density at radius 3 is 3.11 bits per heavy atom. The number of halogens is 2. The van der Waals surface area contributed by atoms with Crippen LogP contribution in [0.1, 0.15) is 11.8 Å². The minimum absolute atomic E-state index is 0.0331. The minimum Gasteiger partial charge on any atom is -0.369 e. The molecule has 1 aliphatic rings. The van der Waals surface area contributed by atoms with Crippen molar-refractivity contribution in [3.8, 4) is 5.69 Å². The van der Waals surface area contributed by atoms with Crippen molar-refractivity contribution in [2.24, 2.45) is 0 Å². The molecule has 1 saturated heterocycles. The number of hydrogen-bond donors (Lipinski definition) is 1. The second-order valence-electron chi connectivity index (χ2n) is 4.35. The molecule has 1 aromatic carbocycles. The molecular formula is C13H13BrClN3O. The normalized spacial score (nSPS) is 19.6. The third-order valence-electron chi connectivity index (χ3n) is 3.11. The molecule has 1 atom stereocenters. The van der Waals surface area contributed by atoms with E-state index in [2.05, 4.69) is 26.2 Å². The van der Waals surface area contributed by atoms with Crippen molar-refractivity contribution in [2.75, 3.05) is 19.7 Å². The van der Waals surface area contributed by atoms with Crippen molar-refractivity contribution in [1.82, 2.24) is 14.9 Å². The summed E-state index contributed by atoms with van der Waals surface area (Å²) in [5.41, 5.74) is 2.05. The van der Waals surface area contributed by atoms with Crippen LogP contribution in [-0.2, 0) is 4.74 Å². The monoisotopic (exact) mass is 341 g/mol. The maximum atomic E-state index is 6.02. The zero-order valence-electron chi connectivity index (χ0n) is 10.1. The van der Waals surface area contributed by atoms with Crippen molar-refractivity contribution < 1.29 is 4.74 Å². The molecule has 100 valence electrons. The van der Waals surface area contributed by atoms with Gasteiger partial charge in [0.25, 0.3) is 0 Å². The van der Waals surface area contributed by atoms with Crippen LogP contribution in [-0.4, -0.2) is 29.2 Å². The molecule has 1 unspecified atom stereocenters. The first-order valence-corrected chi connectivity index (χ1v) is 7.23. The molecule has 19 heavy (non-hydrogen) atoms. The van der Waals surface area contributed by atoms with Gasteiger partial charge in [0.05, 0.1) is 29.8 Å². The minimum atomic E-state index is 0.0331. The molecule has 1 aromatic heterocycles. The smallest absolute Gasteiger partial charge is 0.112 e. The van der Waals surface area contributed by atoms with Crippen molar-refractivity contribution in [3.05, 3.63) is 45.9 Å². The maximum absolute atomic E-state index is 6.02. The molecule has 6 heteroatoms. The third kappa shape index (κ3) is 2.69. The van der Waals surface area contributed by atoms with Crippen LogP contribution in [0.3, 0.4) is 0 Å². The van der Waals surface area contributed by atoms with Crippen LogP contribution in [0.2, 0.25) is 5.02 Å². The van der Waals surface area contributed by atoms with Crippen LogP contribution < -0.4 is 5.32 Å². The second-order valence-corrected chi connectivity index (χ2v) is 5.61. The predicted molar refractivity (Wildman–Crippen MR) is 77.8 cm³/mol. The average Bonchev–Trinajstić information content (AvgIpc) is 2.92. The molecule has 0 radical (unpaired) electrons. The molecular weight excluding hydrogens is 330 g/mol. The molecule has 2 aromatic rings. The number of morpholine rings is 1. The average molecular weight is 343 g/mol. The molecule has 0 bridgehead atoms. The fourth-order valence-electron chi connectivity index (χ4n) is 2.15. The topological polar surface area (TPSA) is 39.1 Å². The predicted octanol–water partition coefficient (Wildman–Crippen LogP) is 2.95. The number of rotatable bonds is 2. The van der Waals surface area contributed by atoms with Gasteiger partial charge in [-0.05, 0) is 34.1 Å². The van der Waals surface area contributed by atoms with Crippen LogP contribution in [0.5, 0.6) is 0 Å². The molecule has 0 spiro atoms. The molecule has 1 fully saturated rings. The lowest BCUT2D eigenvalue weighted by molar-refractivity contribution is 0.0240. The first-order valence-electron chi connectivity index (χ1n) is 6.05. The standard InChI is InChI=1S/C13H13BrClN3O/c14-10-5-9(1-2-11(10)15)18-8-17-6-12(18)13-7-16-3-4-19-13/h1-2,5-6,8,13,16H,3-4,7H2. The van der Waals surface area contributed by atoms with Crippen LogP contribution >= 0.6 is 27.5 Å². The number of benzene rings is 1. The molecule has 2 heterocycles. The summed E-state index contributed by atoms with van der Waals surface area (Å²) >= 11 is 9.47. The Labute approximate surface area is 124 Å². The SMILES string of the molecule is Clc1ccc(-n2cncc2C2CNCCO2)cc1Br. The number of nitrogens with one attached hydrogen (secondary N) is 1. The van der Waals surface area contributed by atoms with Crippen molar-refractivity contribution in [3.63, 3.8) is 0 Å². The summed E-state index contributed by atoms with van der Waals surface area (Å²) in [7, 11) is 0. The van der Waals surface area contributed by atoms with Crippen LogP contribution in [0.25, 0.3) is 5.69 Å². The Hall–Kier alpha value is -0.880. The van der Waals surface area contributed by atoms with E-state index in [1.54, 1.807) is 6.33 Å². The Balaban J connectivity index is 1.96. The summed E-state index contributed by atoms with van der Waals surface area (Å²) in [6.07, 6.45) is 3.68. The van der Waals surface area contributed by atoms with E-state index in [1.165, 1.54) is 0 Å². The number of imidazole rings is 1. The van der Waals surface area contributed by atoms with E-state index in [4.69, 9.17) is 16.3 Å². The highest BCUT2D eigenvalue weighted by molar-refractivity contribution is 9.10. The molecule has 0 amide bonds. The molecule has 0 aliphatic carbocycles. The highest BCUT2D eigenvalue weighted by atomic mass is 79.9. The highest BCUT2D eigenvalue weighted by Gasteiger charge is 2.20. The molecule has 4 nitrogen and oxygen atoms in total. The van der Waals surface area contributed by atoms with Crippen molar-refractivity contribution >= 4 is 27.5 Å². The lowest BCUT2D eigenvalue weighted by atomic mass is 10.2. The van der Waals surface area contributed by atoms with Gasteiger partial charge < -0.3 is 14.6 Å². The Bertz CT molecular complexity index is 581. The number of ether oxygens (including phenoxy) is 1. The van der Waals surface area contributed by atoms with Gasteiger partial charge in [-0.1, -0.05) is 11.6 Å². The van der Waals surface area contributed by atoms with E-state index < -0.39 is 0 Å². The zero-order valence-corrected chi connectivity index (χ0v) is 12.5. The highest BCUT2D eigenvalue weighted by Crippen LogP contribution is 2.27. The number of hydrogen-bond acceptors (Lipinski definition) is 3. The number of nitrogens with zero attached hydrogens (tertiary/aromatic N) is 2. The summed E-state index contributed by atoms with van der Waals surface area (Å²) < 4.78 is 8.67. The first-order chi connectivity index (χ1) is 9.25. The summed E-state index contributed by atoms with van der Waals surface area (Å²) in [6, 6.07) is 5.81. The van der Waals surface area contributed by atoms with Crippen molar-refractivity contribution in [1.29, 1.82) is 0 Å². The maximum Gasteiger partial charge on any atom is 0.112 e. The first kappa shape index (κ1) is 13.1. The van der Waals surface area contributed by atoms with Gasteiger partial charge in [0, 0.05) is 23.2 Å². The van der Waals surface area contributed by atoms with E-state index in [-0.39, 0.29) is 6.10 Å². The van der Waals surface area contributed by atoms with E-state index in [0.29, 0.717) is 5.02 Å². The summed E-state index contributed by atoms with van der Waals surface area (Å²) in [6.45, 7) is 2.43. The van der Waals surface area contributed by atoms with E-state index >= 15 is 0 Å². The van der Waals surface area contributed by atoms with Gasteiger partial charge in [-0.3, -0.25) is 0 Å². The van der Waals surface area contributed by atoms with Gasteiger partial charge in [0.2, 0.25) is 0 Å². The van der Waals surface area contributed by atoms with E-state index in [9.17, 15) is 0 Å². The van der Waals surface area contributed by atoms with E-state index in [0.717, 1.165) is 35.6 Å². The lowest BCUT2D eigenvalue weighted by Crippen LogP contribution is -2.34. The number of aromatic nitrogens is 2. The molecule has 1 aliphatic heterocycles. The summed E-state index contributed by atoms with van der Waals surface area (Å²) in [4.78, 5) is 4.23. The summed E-state index contributed by atoms with van der Waals surface area (Å²) in [5.74, 6) is 0. The largest absolute Gasteiger partial charge is 0.369 e. The van der Waals surface area contributed by atoms with Crippen LogP contribution in [0.15, 0.2) is 35.2 Å². The lowest BCUT2D eigenvalue weighted by Gasteiger charge is -2.24. The Morgan fingerprint density at radius 2 is 2.37 bits per heavy atom. The third-order valence-corrected chi connectivity index (χ3v) is 4.32. The van der Waals surface area contributed by atoms with Gasteiger partial charge in [-0.15, -0.1) is 0 Å². The van der Waals surface area contributed by atoms with Gasteiger partial charge >= 0.3 is 0 Å². The fraction of sp³-hybridized carbons (Fsp3) is 0.308. The molecule has 1 N–H and O–H groups in total. The quantitative estimate of drug-likeness (QED) is 0.912. The van der Waals surface area contributed by atoms with E-state index in [1.807, 2.05) is 29.0 Å². The van der Waals surface area contributed by atoms with Crippen molar-refractivity contribution in [2.45, 2.75) is 6.10 Å². The molecule has 0 saturated carbocycles. The fourth-order valence-corrected chi connectivity index (χ4v) is 2.63. The zero-order chi connectivity index (χ0) is 13.2. The van der Waals surface area contributed by atoms with Crippen LogP contribution in [0, 0.1) is 0 Å². The molecule has 3 rings (SSSR count). The van der Waals surface area contributed by atoms with Gasteiger partial charge in [0.1, 0.15) is 6.10 Å². The van der Waals surface area contributed by atoms with Gasteiger partial charge in [-0.25, -0.2) is 4.98 Å².